The molecule has 0 unspecified atom stereocenters. The first-order valence-electron chi connectivity index (χ1n) is 17.8. The Morgan fingerprint density at radius 1 is 0.308 bits per heavy atom. The monoisotopic (exact) mass is 679 g/mol. The standard InChI is InChI=1S/C50H33NS/c1-3-13-34(14-4-1)36-25-27-37(28-26-36)40-19-11-20-41(31-40)51(42-30-29-35-15-7-8-18-39(35)32-42)48-24-12-23-45-47-33-46(38-16-5-2-6-17-38)43-21-9-10-22-44(43)49(47)52-50(45)48/h1-33H. The molecule has 0 atom stereocenters. The maximum absolute atomic E-state index is 2.45. The number of nitrogens with zero attached hydrogens (tertiary/aromatic N) is 1. The van der Waals surface area contributed by atoms with E-state index in [1.807, 2.05) is 11.3 Å². The molecule has 1 heterocycles. The molecule has 10 aromatic rings. The second kappa shape index (κ2) is 12.7. The molecule has 0 saturated heterocycles. The number of hydrogen-bond acceptors (Lipinski definition) is 2. The van der Waals surface area contributed by atoms with Gasteiger partial charge in [-0.25, -0.2) is 0 Å². The molecule has 0 aliphatic carbocycles. The van der Waals surface area contributed by atoms with Gasteiger partial charge in [-0.1, -0.05) is 164 Å². The van der Waals surface area contributed by atoms with Gasteiger partial charge >= 0.3 is 0 Å². The SMILES string of the molecule is c1ccc(-c2ccc(-c3cccc(N(c4ccc5ccccc5c4)c4cccc5c4sc4c6ccccc6c(-c6ccccc6)cc54)c3)cc2)cc1. The number of hydrogen-bond donors (Lipinski definition) is 0. The third kappa shape index (κ3) is 5.24. The van der Waals surface area contributed by atoms with E-state index < -0.39 is 0 Å². The van der Waals surface area contributed by atoms with Gasteiger partial charge in [-0.15, -0.1) is 11.3 Å². The third-order valence-corrected chi connectivity index (χ3v) is 11.5. The van der Waals surface area contributed by atoms with Gasteiger partial charge in [-0.2, -0.15) is 0 Å². The van der Waals surface area contributed by atoms with Crippen LogP contribution in [0.25, 0.3) is 75.1 Å². The van der Waals surface area contributed by atoms with Crippen LogP contribution in [0.5, 0.6) is 0 Å². The summed E-state index contributed by atoms with van der Waals surface area (Å²) in [6.07, 6.45) is 0. The minimum absolute atomic E-state index is 1.12. The fraction of sp³-hybridized carbons (Fsp3) is 0. The first kappa shape index (κ1) is 30.4. The molecular formula is C50H33NS. The van der Waals surface area contributed by atoms with Crippen molar-refractivity contribution < 1.29 is 0 Å². The third-order valence-electron chi connectivity index (χ3n) is 10.2. The van der Waals surface area contributed by atoms with Gasteiger partial charge in [0.15, 0.2) is 0 Å². The zero-order chi connectivity index (χ0) is 34.4. The van der Waals surface area contributed by atoms with Crippen molar-refractivity contribution in [3.05, 3.63) is 200 Å². The Morgan fingerprint density at radius 2 is 0.865 bits per heavy atom. The van der Waals surface area contributed by atoms with Gasteiger partial charge in [0, 0.05) is 32.2 Å². The first-order chi connectivity index (χ1) is 25.8. The Bertz CT molecular complexity index is 2890. The van der Waals surface area contributed by atoms with Crippen LogP contribution in [0.3, 0.4) is 0 Å². The quantitative estimate of drug-likeness (QED) is 0.169. The molecule has 1 nitrogen and oxygen atoms in total. The minimum Gasteiger partial charge on any atom is -0.309 e. The maximum atomic E-state index is 2.45. The molecule has 0 radical (unpaired) electrons. The molecule has 52 heavy (non-hydrogen) atoms. The van der Waals surface area contributed by atoms with E-state index in [9.17, 15) is 0 Å². The van der Waals surface area contributed by atoms with E-state index in [0.717, 1.165) is 11.4 Å². The van der Waals surface area contributed by atoms with Crippen molar-refractivity contribution in [2.24, 2.45) is 0 Å². The van der Waals surface area contributed by atoms with Crippen LogP contribution in [0.15, 0.2) is 200 Å². The fourth-order valence-corrected chi connectivity index (χ4v) is 9.01. The van der Waals surface area contributed by atoms with E-state index in [-0.39, 0.29) is 0 Å². The van der Waals surface area contributed by atoms with E-state index in [4.69, 9.17) is 0 Å². The van der Waals surface area contributed by atoms with Crippen molar-refractivity contribution in [3.63, 3.8) is 0 Å². The van der Waals surface area contributed by atoms with E-state index in [0.29, 0.717) is 0 Å². The van der Waals surface area contributed by atoms with E-state index in [1.54, 1.807) is 0 Å². The van der Waals surface area contributed by atoms with Crippen LogP contribution < -0.4 is 4.90 Å². The Balaban J connectivity index is 1.18. The van der Waals surface area contributed by atoms with Gasteiger partial charge in [0.1, 0.15) is 0 Å². The van der Waals surface area contributed by atoms with Crippen LogP contribution in [-0.4, -0.2) is 0 Å². The number of anilines is 3. The molecule has 0 bridgehead atoms. The smallest absolute Gasteiger partial charge is 0.0640 e. The summed E-state index contributed by atoms with van der Waals surface area (Å²) in [6.45, 7) is 0. The highest BCUT2D eigenvalue weighted by Gasteiger charge is 2.21. The number of benzene rings is 9. The van der Waals surface area contributed by atoms with Gasteiger partial charge in [0.25, 0.3) is 0 Å². The lowest BCUT2D eigenvalue weighted by Crippen LogP contribution is -2.10. The van der Waals surface area contributed by atoms with Crippen molar-refractivity contribution in [2.45, 2.75) is 0 Å². The predicted octanol–water partition coefficient (Wildman–Crippen LogP) is 14.8. The number of rotatable bonds is 6. The van der Waals surface area contributed by atoms with Gasteiger partial charge in [0.2, 0.25) is 0 Å². The highest BCUT2D eigenvalue weighted by Crippen LogP contribution is 2.48. The van der Waals surface area contributed by atoms with Crippen molar-refractivity contribution in [3.8, 4) is 33.4 Å². The minimum atomic E-state index is 1.12. The van der Waals surface area contributed by atoms with E-state index in [1.165, 1.54) is 80.8 Å². The van der Waals surface area contributed by atoms with Gasteiger partial charge < -0.3 is 4.90 Å². The number of thiophene rings is 1. The second-order valence-electron chi connectivity index (χ2n) is 13.3. The summed E-state index contributed by atoms with van der Waals surface area (Å²) in [7, 11) is 0. The average molecular weight is 680 g/mol. The molecule has 1 aromatic heterocycles. The Morgan fingerprint density at radius 3 is 1.65 bits per heavy atom. The average Bonchev–Trinajstić information content (AvgIpc) is 3.61. The zero-order valence-corrected chi connectivity index (χ0v) is 29.2. The highest BCUT2D eigenvalue weighted by molar-refractivity contribution is 7.27. The predicted molar refractivity (Wildman–Crippen MR) is 225 cm³/mol. The largest absolute Gasteiger partial charge is 0.309 e. The van der Waals surface area contributed by atoms with Gasteiger partial charge in [0.05, 0.1) is 10.4 Å². The maximum Gasteiger partial charge on any atom is 0.0640 e. The van der Waals surface area contributed by atoms with E-state index >= 15 is 0 Å². The second-order valence-corrected chi connectivity index (χ2v) is 14.3. The molecule has 0 spiro atoms. The summed E-state index contributed by atoms with van der Waals surface area (Å²) in [5.74, 6) is 0. The molecule has 10 rings (SSSR count). The molecule has 2 heteroatoms. The lowest BCUT2D eigenvalue weighted by atomic mass is 9.95. The molecule has 0 aliphatic rings. The van der Waals surface area contributed by atoms with Crippen LogP contribution in [0.1, 0.15) is 0 Å². The van der Waals surface area contributed by atoms with Crippen molar-refractivity contribution >= 4 is 70.1 Å². The van der Waals surface area contributed by atoms with Gasteiger partial charge in [-0.3, -0.25) is 0 Å². The normalized spacial score (nSPS) is 11.5. The zero-order valence-electron chi connectivity index (χ0n) is 28.4. The van der Waals surface area contributed by atoms with Crippen LogP contribution in [0.4, 0.5) is 17.1 Å². The molecule has 0 aliphatic heterocycles. The summed E-state index contributed by atoms with van der Waals surface area (Å²) >= 11 is 1.90. The van der Waals surface area contributed by atoms with Crippen molar-refractivity contribution in [1.29, 1.82) is 0 Å². The van der Waals surface area contributed by atoms with Crippen molar-refractivity contribution in [2.75, 3.05) is 4.90 Å². The molecule has 0 N–H and O–H groups in total. The summed E-state index contributed by atoms with van der Waals surface area (Å²) < 4.78 is 2.60. The summed E-state index contributed by atoms with van der Waals surface area (Å²) in [6, 6.07) is 72.8. The summed E-state index contributed by atoms with van der Waals surface area (Å²) in [4.78, 5) is 2.45. The summed E-state index contributed by atoms with van der Waals surface area (Å²) in [5, 5.41) is 7.61. The van der Waals surface area contributed by atoms with Gasteiger partial charge in [-0.05, 0) is 85.9 Å². The number of fused-ring (bicyclic) bond motifs is 6. The molecule has 0 fully saturated rings. The van der Waals surface area contributed by atoms with E-state index in [2.05, 4.69) is 205 Å². The lowest BCUT2D eigenvalue weighted by Gasteiger charge is -2.27. The molecular weight excluding hydrogens is 647 g/mol. The molecule has 9 aromatic carbocycles. The summed E-state index contributed by atoms with van der Waals surface area (Å²) in [5.41, 5.74) is 10.8. The molecule has 0 amide bonds. The first-order valence-corrected chi connectivity index (χ1v) is 18.6. The topological polar surface area (TPSA) is 3.24 Å². The molecule has 0 saturated carbocycles. The van der Waals surface area contributed by atoms with Crippen LogP contribution >= 0.6 is 11.3 Å². The fourth-order valence-electron chi connectivity index (χ4n) is 7.69. The van der Waals surface area contributed by atoms with Crippen molar-refractivity contribution in [1.82, 2.24) is 0 Å². The Labute approximate surface area is 307 Å². The molecule has 244 valence electrons. The lowest BCUT2D eigenvalue weighted by molar-refractivity contribution is 1.31. The Hall–Kier alpha value is -6.48. The highest BCUT2D eigenvalue weighted by atomic mass is 32.1. The van der Waals surface area contributed by atoms with Crippen LogP contribution in [-0.2, 0) is 0 Å². The van der Waals surface area contributed by atoms with Crippen LogP contribution in [0, 0.1) is 0 Å². The van der Waals surface area contributed by atoms with Crippen LogP contribution in [0.2, 0.25) is 0 Å². The Kier molecular flexibility index (Phi) is 7.41.